The number of alkyl carbamates (subject to hydrolysis) is 2. The molecule has 9 rings (SSSR count). The average molecular weight is 859 g/mol. The lowest BCUT2D eigenvalue weighted by Gasteiger charge is -2.34. The van der Waals surface area contributed by atoms with E-state index in [2.05, 4.69) is 75.5 Å². The number of aliphatic imine (C=N–C) groups is 1. The molecular formula is C48H58N8O7. The first-order chi connectivity index (χ1) is 30.6. The highest BCUT2D eigenvalue weighted by molar-refractivity contribution is 5.96. The molecule has 332 valence electrons. The van der Waals surface area contributed by atoms with Gasteiger partial charge >= 0.3 is 12.2 Å². The van der Waals surface area contributed by atoms with Gasteiger partial charge in [0.25, 0.3) is 0 Å². The van der Waals surface area contributed by atoms with Gasteiger partial charge in [0.15, 0.2) is 0 Å². The van der Waals surface area contributed by atoms with Crippen molar-refractivity contribution in [1.29, 1.82) is 0 Å². The lowest BCUT2D eigenvalue weighted by Crippen LogP contribution is -2.56. The molecule has 3 aromatic carbocycles. The van der Waals surface area contributed by atoms with Crippen molar-refractivity contribution in [2.45, 2.75) is 101 Å². The number of aryl methyl sites for hydroxylation is 1. The number of hydrogen-bond acceptors (Lipinski definition) is 10. The fourth-order valence-electron chi connectivity index (χ4n) is 10.4. The molecule has 0 bridgehead atoms. The first-order valence-electron chi connectivity index (χ1n) is 22.5. The first kappa shape index (κ1) is 42.3. The van der Waals surface area contributed by atoms with Crippen molar-refractivity contribution >= 4 is 40.6 Å². The number of carbonyl (C=O) groups is 4. The van der Waals surface area contributed by atoms with E-state index in [1.165, 1.54) is 25.3 Å². The number of rotatable bonds is 10. The predicted octanol–water partition coefficient (Wildman–Crippen LogP) is 6.44. The number of nitrogens with one attached hydrogen (secondary N) is 4. The Bertz CT molecular complexity index is 2410. The normalized spacial score (nSPS) is 23.1. The Kier molecular flexibility index (Phi) is 12.1. The predicted molar refractivity (Wildman–Crippen MR) is 238 cm³/mol. The summed E-state index contributed by atoms with van der Waals surface area (Å²) in [7, 11) is 2.62. The molecule has 6 atom stereocenters. The van der Waals surface area contributed by atoms with Gasteiger partial charge in [-0.05, 0) is 108 Å². The number of H-pyrrole nitrogens is 1. The van der Waals surface area contributed by atoms with Gasteiger partial charge in [-0.1, -0.05) is 56.3 Å². The van der Waals surface area contributed by atoms with E-state index in [1.807, 2.05) is 29.8 Å². The van der Waals surface area contributed by atoms with Crippen LogP contribution in [-0.4, -0.2) is 114 Å². The molecule has 0 spiro atoms. The third kappa shape index (κ3) is 8.47. The molecule has 1 aliphatic carbocycles. The van der Waals surface area contributed by atoms with Gasteiger partial charge in [0.05, 0.1) is 50.3 Å². The Morgan fingerprint density at radius 2 is 1.43 bits per heavy atom. The van der Waals surface area contributed by atoms with Crippen LogP contribution in [0.2, 0.25) is 0 Å². The van der Waals surface area contributed by atoms with Gasteiger partial charge in [-0.15, -0.1) is 0 Å². The van der Waals surface area contributed by atoms with Crippen LogP contribution in [0.25, 0.3) is 33.2 Å². The number of aromatic nitrogens is 2. The van der Waals surface area contributed by atoms with E-state index < -0.39 is 24.3 Å². The van der Waals surface area contributed by atoms with E-state index in [-0.39, 0.29) is 47.8 Å². The Hall–Kier alpha value is -5.96. The highest BCUT2D eigenvalue weighted by atomic mass is 16.5. The number of imidazole rings is 1. The van der Waals surface area contributed by atoms with Crippen molar-refractivity contribution in [3.8, 4) is 22.4 Å². The molecule has 4 aromatic rings. The number of likely N-dealkylation sites (tertiary alicyclic amines) is 2. The zero-order chi connectivity index (χ0) is 43.8. The third-order valence-electron chi connectivity index (χ3n) is 13.8. The zero-order valence-corrected chi connectivity index (χ0v) is 36.5. The molecule has 15 nitrogen and oxygen atoms in total. The number of carbonyl (C=O) groups excluding carboxylic acids is 4. The minimum Gasteiger partial charge on any atom is -0.453 e. The maximum absolute atomic E-state index is 14.2. The summed E-state index contributed by atoms with van der Waals surface area (Å²) in [5.41, 5.74) is 6.72. The van der Waals surface area contributed by atoms with Gasteiger partial charge < -0.3 is 44.9 Å². The van der Waals surface area contributed by atoms with Crippen LogP contribution < -0.4 is 16.0 Å². The number of amidine groups is 1. The molecule has 2 unspecified atom stereocenters. The summed E-state index contributed by atoms with van der Waals surface area (Å²) in [6.07, 6.45) is 7.26. The Balaban J connectivity index is 0.889. The number of benzene rings is 3. The van der Waals surface area contributed by atoms with Crippen LogP contribution in [0, 0.1) is 11.8 Å². The minimum absolute atomic E-state index is 0.0112. The number of amides is 4. The van der Waals surface area contributed by atoms with Crippen LogP contribution in [0.15, 0.2) is 65.8 Å². The van der Waals surface area contributed by atoms with Crippen LogP contribution in [0.1, 0.15) is 87.8 Å². The van der Waals surface area contributed by atoms with Crippen LogP contribution in [0.4, 0.5) is 9.59 Å². The van der Waals surface area contributed by atoms with Gasteiger partial charge in [-0.25, -0.2) is 14.6 Å². The summed E-state index contributed by atoms with van der Waals surface area (Å²) in [6, 6.07) is 18.2. The summed E-state index contributed by atoms with van der Waals surface area (Å²) in [6.45, 7) is 6.19. The van der Waals surface area contributed by atoms with Crippen LogP contribution >= 0.6 is 0 Å². The lowest BCUT2D eigenvalue weighted by molar-refractivity contribution is -0.136. The third-order valence-corrected chi connectivity index (χ3v) is 13.8. The molecule has 1 aromatic heterocycles. The summed E-state index contributed by atoms with van der Waals surface area (Å²) in [4.78, 5) is 69.4. The first-order valence-corrected chi connectivity index (χ1v) is 22.5. The fraction of sp³-hybridized carbons (Fsp3) is 0.500. The quantitative estimate of drug-likeness (QED) is 0.140. The van der Waals surface area contributed by atoms with Crippen molar-refractivity contribution in [3.05, 3.63) is 77.7 Å². The highest BCUT2D eigenvalue weighted by Crippen LogP contribution is 2.40. The minimum atomic E-state index is -0.687. The molecular weight excluding hydrogens is 801 g/mol. The second kappa shape index (κ2) is 18.0. The Morgan fingerprint density at radius 3 is 2.16 bits per heavy atom. The Morgan fingerprint density at radius 1 is 0.778 bits per heavy atom. The molecule has 3 fully saturated rings. The number of ether oxygens (including phenoxy) is 3. The molecule has 3 saturated heterocycles. The van der Waals surface area contributed by atoms with Crippen molar-refractivity contribution < 1.29 is 33.4 Å². The molecule has 0 radical (unpaired) electrons. The number of hydrogen-bond donors (Lipinski definition) is 4. The maximum atomic E-state index is 14.2. The monoisotopic (exact) mass is 858 g/mol. The van der Waals surface area contributed by atoms with Crippen LogP contribution in [0.5, 0.6) is 0 Å². The van der Waals surface area contributed by atoms with Gasteiger partial charge in [0.1, 0.15) is 23.7 Å². The van der Waals surface area contributed by atoms with Crippen LogP contribution in [-0.2, 0) is 30.2 Å². The smallest absolute Gasteiger partial charge is 0.407 e. The molecule has 15 heteroatoms. The van der Waals surface area contributed by atoms with Crippen molar-refractivity contribution in [2.24, 2.45) is 16.8 Å². The SMILES string of the molecule is COC(=O)N[C@H](C(=O)N1CCC[C@H]1c1ncc(-c2ccc3cc(-c4ccc5c(c4)CCC4NC([C@@H]6CCCN6C(=O)[C@@H](NC(=O)OC)C6CCOCC6)=NC54)ccc3c2)[nH]1)C(C)C. The molecule has 0 saturated carbocycles. The van der Waals surface area contributed by atoms with E-state index >= 15 is 0 Å². The summed E-state index contributed by atoms with van der Waals surface area (Å²) in [5, 5.41) is 11.5. The molecule has 5 aliphatic rings. The molecule has 63 heavy (non-hydrogen) atoms. The molecule has 5 heterocycles. The summed E-state index contributed by atoms with van der Waals surface area (Å²) >= 11 is 0. The number of methoxy groups -OCH3 is 2. The van der Waals surface area contributed by atoms with E-state index in [1.54, 1.807) is 0 Å². The van der Waals surface area contributed by atoms with E-state index in [4.69, 9.17) is 24.2 Å². The fourth-order valence-corrected chi connectivity index (χ4v) is 10.4. The van der Waals surface area contributed by atoms with Crippen molar-refractivity contribution in [3.63, 3.8) is 0 Å². The number of aromatic amines is 1. The van der Waals surface area contributed by atoms with Gasteiger partial charge in [-0.3, -0.25) is 14.6 Å². The summed E-state index contributed by atoms with van der Waals surface area (Å²) < 4.78 is 15.3. The largest absolute Gasteiger partial charge is 0.453 e. The van der Waals surface area contributed by atoms with Gasteiger partial charge in [0.2, 0.25) is 11.8 Å². The lowest BCUT2D eigenvalue weighted by atomic mass is 9.83. The number of nitrogens with zero attached hydrogens (tertiary/aromatic N) is 4. The van der Waals surface area contributed by atoms with E-state index in [0.717, 1.165) is 83.3 Å². The van der Waals surface area contributed by atoms with Gasteiger partial charge in [-0.2, -0.15) is 0 Å². The molecule has 4 N–H and O–H groups in total. The second-order valence-electron chi connectivity index (χ2n) is 17.9. The number of fused-ring (bicyclic) bond motifs is 4. The molecule has 4 aliphatic heterocycles. The van der Waals surface area contributed by atoms with Crippen molar-refractivity contribution in [2.75, 3.05) is 40.5 Å². The molecule has 4 amide bonds. The summed E-state index contributed by atoms with van der Waals surface area (Å²) in [5.74, 6) is 1.29. The van der Waals surface area contributed by atoms with Crippen LogP contribution in [0.3, 0.4) is 0 Å². The Labute approximate surface area is 367 Å². The zero-order valence-electron chi connectivity index (χ0n) is 36.5. The second-order valence-corrected chi connectivity index (χ2v) is 17.9. The van der Waals surface area contributed by atoms with E-state index in [0.29, 0.717) is 39.1 Å². The maximum Gasteiger partial charge on any atom is 0.407 e. The van der Waals surface area contributed by atoms with Crippen molar-refractivity contribution in [1.82, 2.24) is 35.7 Å². The topological polar surface area (TPSA) is 180 Å². The van der Waals surface area contributed by atoms with E-state index in [9.17, 15) is 19.2 Å². The van der Waals surface area contributed by atoms with Gasteiger partial charge in [0, 0.05) is 31.9 Å². The standard InChI is InChI=1S/C48H58N8O7/c1-27(2)40(53-47(59)61-3)45(57)55-19-5-7-38(55)43-49-26-37(51-43)34-12-11-30-23-29(9-10-31(30)25-34)32-13-15-35-33(24-32)14-16-36-42(35)52-44(50-36)39-8-6-20-56(39)46(58)41(54-48(60)62-4)28-17-21-63-22-18-28/h9-13,15,23-28,36,38-42H,5-8,14,16-22H2,1-4H3,(H,49,51)(H,50,52)(H,53,59)(H,54,60)/t36?,38-,39-,40-,41-,42?/m0/s1. The highest BCUT2D eigenvalue weighted by Gasteiger charge is 2.44. The average Bonchev–Trinajstić information content (AvgIpc) is 4.16.